The Bertz CT molecular complexity index is 152. The molecular weight excluding hydrogens is 172 g/mol. The van der Waals surface area contributed by atoms with Gasteiger partial charge in [0, 0.05) is 19.1 Å². The molecule has 0 atom stereocenters. The van der Waals surface area contributed by atoms with Gasteiger partial charge in [-0.3, -0.25) is 4.90 Å². The number of rotatable bonds is 8. The molecule has 0 aliphatic carbocycles. The molecule has 2 heteroatoms. The highest BCUT2D eigenvalue weighted by molar-refractivity contribution is 5.00. The minimum Gasteiger partial charge on any atom is -0.313 e. The van der Waals surface area contributed by atoms with Gasteiger partial charge in [-0.2, -0.15) is 0 Å². The van der Waals surface area contributed by atoms with E-state index in [0.717, 1.165) is 26.2 Å². The summed E-state index contributed by atoms with van der Waals surface area (Å²) in [5.41, 5.74) is 1.29. The number of nitrogens with one attached hydrogen (secondary N) is 1. The molecule has 0 aromatic rings. The van der Waals surface area contributed by atoms with Crippen LogP contribution in [0.2, 0.25) is 0 Å². The molecule has 84 valence electrons. The van der Waals surface area contributed by atoms with Gasteiger partial charge in [0.25, 0.3) is 0 Å². The maximum Gasteiger partial charge on any atom is 0.0205 e. The molecule has 14 heavy (non-hydrogen) atoms. The van der Waals surface area contributed by atoms with Gasteiger partial charge in [0.15, 0.2) is 0 Å². The molecule has 0 fully saturated rings. The maximum absolute atomic E-state index is 4.09. The molecule has 0 heterocycles. The van der Waals surface area contributed by atoms with Crippen LogP contribution < -0.4 is 5.32 Å². The molecule has 0 saturated heterocycles. The lowest BCUT2D eigenvalue weighted by Gasteiger charge is -2.25. The molecule has 0 saturated carbocycles. The van der Waals surface area contributed by atoms with Crippen molar-refractivity contribution in [3.63, 3.8) is 0 Å². The van der Waals surface area contributed by atoms with Crippen LogP contribution >= 0.6 is 0 Å². The van der Waals surface area contributed by atoms with Crippen LogP contribution in [-0.2, 0) is 0 Å². The van der Waals surface area contributed by atoms with E-state index >= 15 is 0 Å². The van der Waals surface area contributed by atoms with E-state index < -0.39 is 0 Å². The summed E-state index contributed by atoms with van der Waals surface area (Å²) in [6.07, 6.45) is 1.19. The predicted octanol–water partition coefficient (Wildman–Crippen LogP) is 2.27. The first-order chi connectivity index (χ1) is 6.61. The zero-order valence-electron chi connectivity index (χ0n) is 10.3. The summed E-state index contributed by atoms with van der Waals surface area (Å²) in [5, 5.41) is 3.38. The Morgan fingerprint density at radius 3 is 2.43 bits per heavy atom. The quantitative estimate of drug-likeness (QED) is 0.475. The monoisotopic (exact) mass is 198 g/mol. The summed E-state index contributed by atoms with van der Waals surface area (Å²) in [4.78, 5) is 2.43. The Hall–Kier alpha value is -0.340. The summed E-state index contributed by atoms with van der Waals surface area (Å²) >= 11 is 0. The smallest absolute Gasteiger partial charge is 0.0205 e. The number of hydrogen-bond donors (Lipinski definition) is 1. The number of likely N-dealkylation sites (N-methyl/N-ethyl adjacent to an activating group) is 1. The lowest BCUT2D eigenvalue weighted by Crippen LogP contribution is -2.34. The Morgan fingerprint density at radius 1 is 1.36 bits per heavy atom. The van der Waals surface area contributed by atoms with E-state index in [9.17, 15) is 0 Å². The fourth-order valence-electron chi connectivity index (χ4n) is 1.44. The van der Waals surface area contributed by atoms with E-state index in [-0.39, 0.29) is 0 Å². The fraction of sp³-hybridized carbons (Fsp3) is 0.833. The summed E-state index contributed by atoms with van der Waals surface area (Å²) in [5.74, 6) is 0. The molecule has 2 nitrogen and oxygen atoms in total. The minimum absolute atomic E-state index is 0.614. The zero-order valence-corrected chi connectivity index (χ0v) is 10.3. The van der Waals surface area contributed by atoms with Gasteiger partial charge in [0.2, 0.25) is 0 Å². The van der Waals surface area contributed by atoms with Crippen LogP contribution in [0.25, 0.3) is 0 Å². The molecule has 0 amide bonds. The first-order valence-electron chi connectivity index (χ1n) is 5.73. The van der Waals surface area contributed by atoms with E-state index in [1.807, 2.05) is 0 Å². The molecular formula is C12H26N2. The lowest BCUT2D eigenvalue weighted by atomic mass is 10.2. The Kier molecular flexibility index (Phi) is 7.81. The van der Waals surface area contributed by atoms with Gasteiger partial charge in [0.1, 0.15) is 0 Å². The third-order valence-corrected chi connectivity index (χ3v) is 2.36. The standard InChI is InChI=1S/C12H26N2/c1-6-8-13-9-12(5)10-14(7-2)11(3)4/h11,13H,5-10H2,1-4H3. The third-order valence-electron chi connectivity index (χ3n) is 2.36. The zero-order chi connectivity index (χ0) is 11.0. The van der Waals surface area contributed by atoms with Crippen molar-refractivity contribution in [2.75, 3.05) is 26.2 Å². The van der Waals surface area contributed by atoms with E-state index in [2.05, 4.69) is 44.5 Å². The van der Waals surface area contributed by atoms with Crippen LogP contribution in [0.5, 0.6) is 0 Å². The van der Waals surface area contributed by atoms with Crippen LogP contribution in [0.1, 0.15) is 34.1 Å². The normalized spacial score (nSPS) is 11.3. The van der Waals surface area contributed by atoms with Crippen LogP contribution in [-0.4, -0.2) is 37.1 Å². The van der Waals surface area contributed by atoms with Gasteiger partial charge in [-0.05, 0) is 38.9 Å². The molecule has 1 N–H and O–H groups in total. The van der Waals surface area contributed by atoms with Gasteiger partial charge < -0.3 is 5.32 Å². The van der Waals surface area contributed by atoms with E-state index in [4.69, 9.17) is 0 Å². The lowest BCUT2D eigenvalue weighted by molar-refractivity contribution is 0.252. The van der Waals surface area contributed by atoms with Gasteiger partial charge in [0.05, 0.1) is 0 Å². The minimum atomic E-state index is 0.614. The molecule has 0 spiro atoms. The molecule has 0 aromatic carbocycles. The SMILES string of the molecule is C=C(CNCCC)CN(CC)C(C)C. The largest absolute Gasteiger partial charge is 0.313 e. The number of nitrogens with zero attached hydrogens (tertiary/aromatic N) is 1. The third kappa shape index (κ3) is 6.17. The van der Waals surface area contributed by atoms with E-state index in [1.165, 1.54) is 12.0 Å². The van der Waals surface area contributed by atoms with E-state index in [1.54, 1.807) is 0 Å². The van der Waals surface area contributed by atoms with Crippen LogP contribution in [0.15, 0.2) is 12.2 Å². The van der Waals surface area contributed by atoms with Crippen LogP contribution in [0.4, 0.5) is 0 Å². The average Bonchev–Trinajstić information content (AvgIpc) is 2.14. The van der Waals surface area contributed by atoms with Crippen molar-refractivity contribution in [1.29, 1.82) is 0 Å². The highest BCUT2D eigenvalue weighted by atomic mass is 15.1. The van der Waals surface area contributed by atoms with Crippen molar-refractivity contribution >= 4 is 0 Å². The maximum atomic E-state index is 4.09. The molecule has 0 bridgehead atoms. The van der Waals surface area contributed by atoms with Crippen LogP contribution in [0.3, 0.4) is 0 Å². The highest BCUT2D eigenvalue weighted by Gasteiger charge is 2.07. The molecule has 0 aromatic heterocycles. The summed E-state index contributed by atoms with van der Waals surface area (Å²) in [7, 11) is 0. The topological polar surface area (TPSA) is 15.3 Å². The summed E-state index contributed by atoms with van der Waals surface area (Å²) < 4.78 is 0. The van der Waals surface area contributed by atoms with Crippen molar-refractivity contribution in [3.8, 4) is 0 Å². The van der Waals surface area contributed by atoms with Crippen molar-refractivity contribution in [2.24, 2.45) is 0 Å². The van der Waals surface area contributed by atoms with Gasteiger partial charge in [-0.25, -0.2) is 0 Å². The van der Waals surface area contributed by atoms with Gasteiger partial charge >= 0.3 is 0 Å². The first kappa shape index (κ1) is 13.7. The van der Waals surface area contributed by atoms with Crippen molar-refractivity contribution in [3.05, 3.63) is 12.2 Å². The van der Waals surface area contributed by atoms with Gasteiger partial charge in [-0.15, -0.1) is 0 Å². The molecule has 0 radical (unpaired) electrons. The van der Waals surface area contributed by atoms with Crippen molar-refractivity contribution in [2.45, 2.75) is 40.2 Å². The number of hydrogen-bond acceptors (Lipinski definition) is 2. The van der Waals surface area contributed by atoms with Crippen LogP contribution in [0, 0.1) is 0 Å². The van der Waals surface area contributed by atoms with Gasteiger partial charge in [-0.1, -0.05) is 20.4 Å². The second kappa shape index (κ2) is 8.01. The summed E-state index contributed by atoms with van der Waals surface area (Å²) in [6, 6.07) is 0.614. The molecule has 0 unspecified atom stereocenters. The predicted molar refractivity (Wildman–Crippen MR) is 64.7 cm³/mol. The Balaban J connectivity index is 3.68. The second-order valence-corrected chi connectivity index (χ2v) is 4.08. The highest BCUT2D eigenvalue weighted by Crippen LogP contribution is 2.01. The second-order valence-electron chi connectivity index (χ2n) is 4.08. The fourth-order valence-corrected chi connectivity index (χ4v) is 1.44. The summed E-state index contributed by atoms with van der Waals surface area (Å²) in [6.45, 7) is 17.1. The molecule has 0 rings (SSSR count). The van der Waals surface area contributed by atoms with E-state index in [0.29, 0.717) is 6.04 Å². The van der Waals surface area contributed by atoms with Crippen molar-refractivity contribution < 1.29 is 0 Å². The average molecular weight is 198 g/mol. The molecule has 0 aliphatic rings. The first-order valence-corrected chi connectivity index (χ1v) is 5.73. The Labute approximate surface area is 89.4 Å². The molecule has 0 aliphatic heterocycles. The Morgan fingerprint density at radius 2 is 2.00 bits per heavy atom. The van der Waals surface area contributed by atoms with Crippen molar-refractivity contribution in [1.82, 2.24) is 10.2 Å².